The van der Waals surface area contributed by atoms with Gasteiger partial charge in [-0.25, -0.2) is 0 Å². The number of nitrogens with one attached hydrogen (secondary N) is 1. The lowest BCUT2D eigenvalue weighted by atomic mass is 10.1. The van der Waals surface area contributed by atoms with Crippen LogP contribution in [0.15, 0.2) is 40.6 Å². The predicted molar refractivity (Wildman–Crippen MR) is 88.1 cm³/mol. The molecular weight excluding hydrogens is 310 g/mol. The fourth-order valence-corrected chi connectivity index (χ4v) is 3.21. The third kappa shape index (κ3) is 3.78. The summed E-state index contributed by atoms with van der Waals surface area (Å²) in [6, 6.07) is 9.23. The molecule has 0 aliphatic heterocycles. The van der Waals surface area contributed by atoms with Crippen LogP contribution >= 0.6 is 35.6 Å². The summed E-state index contributed by atoms with van der Waals surface area (Å²) >= 11 is 12.0. The van der Waals surface area contributed by atoms with Crippen molar-refractivity contribution in [1.29, 1.82) is 0 Å². The van der Waals surface area contributed by atoms with Crippen LogP contribution in [0.2, 0.25) is 5.02 Å². The highest BCUT2D eigenvalue weighted by Gasteiger charge is 2.17. The number of benzene rings is 1. The van der Waals surface area contributed by atoms with Crippen LogP contribution in [0, 0.1) is 0 Å². The number of thiophene rings is 1. The maximum absolute atomic E-state index is 12.4. The third-order valence-corrected chi connectivity index (χ3v) is 4.56. The molecule has 0 aliphatic rings. The van der Waals surface area contributed by atoms with E-state index in [0.717, 1.165) is 17.7 Å². The highest BCUT2D eigenvalue weighted by atomic mass is 35.5. The summed E-state index contributed by atoms with van der Waals surface area (Å²) in [5, 5.41) is 5.52. The standard InChI is InChI=1S/C15H16ClNOS2/c1-2-4-13(14-5-3-8-20-14)17-15(18)11-9-10(19)6-7-12(11)16/h3,5-9,13,19H,2,4H2,1H3,(H,17,18). The quantitative estimate of drug-likeness (QED) is 0.747. The second-order valence-corrected chi connectivity index (χ2v) is 6.40. The van der Waals surface area contributed by atoms with Crippen molar-refractivity contribution >= 4 is 41.5 Å². The second kappa shape index (κ2) is 7.16. The van der Waals surface area contributed by atoms with Gasteiger partial charge in [-0.1, -0.05) is 31.0 Å². The molecule has 1 amide bonds. The van der Waals surface area contributed by atoms with E-state index in [1.807, 2.05) is 17.5 Å². The first-order valence-corrected chi connectivity index (χ1v) is 8.15. The number of rotatable bonds is 5. The van der Waals surface area contributed by atoms with Crippen LogP contribution < -0.4 is 5.32 Å². The minimum Gasteiger partial charge on any atom is -0.344 e. The van der Waals surface area contributed by atoms with Crippen LogP contribution in [0.5, 0.6) is 0 Å². The SMILES string of the molecule is CCCC(NC(=O)c1cc(S)ccc1Cl)c1cccs1. The van der Waals surface area contributed by atoms with E-state index in [0.29, 0.717) is 10.6 Å². The summed E-state index contributed by atoms with van der Waals surface area (Å²) in [5.74, 6) is -0.155. The molecular formula is C15H16ClNOS2. The number of carbonyl (C=O) groups excluding carboxylic acids is 1. The van der Waals surface area contributed by atoms with Gasteiger partial charge in [-0.3, -0.25) is 4.79 Å². The molecule has 2 nitrogen and oxygen atoms in total. The number of thiol groups is 1. The van der Waals surface area contributed by atoms with Crippen molar-refractivity contribution in [2.75, 3.05) is 0 Å². The summed E-state index contributed by atoms with van der Waals surface area (Å²) in [7, 11) is 0. The van der Waals surface area contributed by atoms with E-state index in [4.69, 9.17) is 11.6 Å². The first-order valence-electron chi connectivity index (χ1n) is 6.44. The number of hydrogen-bond donors (Lipinski definition) is 2. The Hall–Kier alpha value is -0.970. The minimum absolute atomic E-state index is 0.0344. The van der Waals surface area contributed by atoms with Crippen LogP contribution in [-0.2, 0) is 0 Å². The van der Waals surface area contributed by atoms with Gasteiger partial charge in [0.15, 0.2) is 0 Å². The zero-order valence-electron chi connectivity index (χ0n) is 11.1. The maximum atomic E-state index is 12.4. The molecule has 2 aromatic rings. The Labute approximate surface area is 133 Å². The summed E-state index contributed by atoms with van der Waals surface area (Å²) < 4.78 is 0. The molecule has 1 N–H and O–H groups in total. The number of carbonyl (C=O) groups is 1. The monoisotopic (exact) mass is 325 g/mol. The normalized spacial score (nSPS) is 12.2. The lowest BCUT2D eigenvalue weighted by Gasteiger charge is -2.17. The number of amides is 1. The average molecular weight is 326 g/mol. The molecule has 1 unspecified atom stereocenters. The molecule has 0 bridgehead atoms. The molecule has 2 rings (SSSR count). The molecule has 0 spiro atoms. The van der Waals surface area contributed by atoms with Gasteiger partial charge in [0.05, 0.1) is 16.6 Å². The molecule has 106 valence electrons. The Morgan fingerprint density at radius 1 is 1.45 bits per heavy atom. The molecule has 1 heterocycles. The van der Waals surface area contributed by atoms with Gasteiger partial charge >= 0.3 is 0 Å². The van der Waals surface area contributed by atoms with Crippen molar-refractivity contribution in [1.82, 2.24) is 5.32 Å². The van der Waals surface area contributed by atoms with Crippen LogP contribution in [-0.4, -0.2) is 5.91 Å². The molecule has 0 fully saturated rings. The van der Waals surface area contributed by atoms with E-state index < -0.39 is 0 Å². The summed E-state index contributed by atoms with van der Waals surface area (Å²) in [6.07, 6.45) is 1.91. The Morgan fingerprint density at radius 2 is 2.25 bits per heavy atom. The van der Waals surface area contributed by atoms with E-state index in [9.17, 15) is 4.79 Å². The number of halogens is 1. The van der Waals surface area contributed by atoms with Crippen LogP contribution in [0.3, 0.4) is 0 Å². The number of hydrogen-bond acceptors (Lipinski definition) is 3. The lowest BCUT2D eigenvalue weighted by molar-refractivity contribution is 0.0935. The molecule has 0 aliphatic carbocycles. The largest absolute Gasteiger partial charge is 0.344 e. The lowest BCUT2D eigenvalue weighted by Crippen LogP contribution is -2.28. The summed E-state index contributed by atoms with van der Waals surface area (Å²) in [6.45, 7) is 2.11. The Morgan fingerprint density at radius 3 is 2.90 bits per heavy atom. The molecule has 1 aromatic heterocycles. The molecule has 0 saturated carbocycles. The van der Waals surface area contributed by atoms with Gasteiger partial charge in [-0.15, -0.1) is 24.0 Å². The maximum Gasteiger partial charge on any atom is 0.253 e. The van der Waals surface area contributed by atoms with Gasteiger partial charge < -0.3 is 5.32 Å². The van der Waals surface area contributed by atoms with Gasteiger partial charge in [0.1, 0.15) is 0 Å². The fraction of sp³-hybridized carbons (Fsp3) is 0.267. The predicted octanol–water partition coefficient (Wildman–Crippen LogP) is 4.96. The molecule has 1 aromatic carbocycles. The van der Waals surface area contributed by atoms with Gasteiger partial charge in [0.25, 0.3) is 5.91 Å². The second-order valence-electron chi connectivity index (χ2n) is 4.49. The first kappa shape index (κ1) is 15.4. The van der Waals surface area contributed by atoms with Gasteiger partial charge in [0.2, 0.25) is 0 Å². The van der Waals surface area contributed by atoms with Crippen LogP contribution in [0.1, 0.15) is 41.0 Å². The van der Waals surface area contributed by atoms with E-state index in [1.165, 1.54) is 4.88 Å². The molecule has 0 saturated heterocycles. The fourth-order valence-electron chi connectivity index (χ4n) is 1.99. The minimum atomic E-state index is -0.155. The highest BCUT2D eigenvalue weighted by molar-refractivity contribution is 7.80. The smallest absolute Gasteiger partial charge is 0.253 e. The van der Waals surface area contributed by atoms with E-state index in [1.54, 1.807) is 29.5 Å². The van der Waals surface area contributed by atoms with Gasteiger partial charge in [-0.05, 0) is 36.1 Å². The first-order chi connectivity index (χ1) is 9.61. The van der Waals surface area contributed by atoms with Crippen molar-refractivity contribution in [2.45, 2.75) is 30.7 Å². The average Bonchev–Trinajstić information content (AvgIpc) is 2.95. The van der Waals surface area contributed by atoms with Gasteiger partial charge in [-0.2, -0.15) is 0 Å². The van der Waals surface area contributed by atoms with Gasteiger partial charge in [0, 0.05) is 9.77 Å². The van der Waals surface area contributed by atoms with Crippen molar-refractivity contribution in [3.63, 3.8) is 0 Å². The molecule has 1 atom stereocenters. The third-order valence-electron chi connectivity index (χ3n) is 2.96. The summed E-state index contributed by atoms with van der Waals surface area (Å²) in [5.41, 5.74) is 0.469. The van der Waals surface area contributed by atoms with E-state index in [2.05, 4.69) is 24.9 Å². The Bertz CT molecular complexity index is 584. The highest BCUT2D eigenvalue weighted by Crippen LogP contribution is 2.25. The van der Waals surface area contributed by atoms with Crippen LogP contribution in [0.4, 0.5) is 0 Å². The molecule has 20 heavy (non-hydrogen) atoms. The Kier molecular flexibility index (Phi) is 5.52. The Balaban J connectivity index is 2.18. The molecule has 5 heteroatoms. The van der Waals surface area contributed by atoms with Crippen molar-refractivity contribution in [3.8, 4) is 0 Å². The van der Waals surface area contributed by atoms with Crippen LogP contribution in [0.25, 0.3) is 0 Å². The zero-order chi connectivity index (χ0) is 14.5. The summed E-state index contributed by atoms with van der Waals surface area (Å²) in [4.78, 5) is 14.3. The van der Waals surface area contributed by atoms with Crippen molar-refractivity contribution in [3.05, 3.63) is 51.2 Å². The topological polar surface area (TPSA) is 29.1 Å². The van der Waals surface area contributed by atoms with Crippen molar-refractivity contribution in [2.24, 2.45) is 0 Å². The van der Waals surface area contributed by atoms with E-state index in [-0.39, 0.29) is 11.9 Å². The van der Waals surface area contributed by atoms with Crippen molar-refractivity contribution < 1.29 is 4.79 Å². The van der Waals surface area contributed by atoms with E-state index >= 15 is 0 Å². The molecule has 0 radical (unpaired) electrons. The zero-order valence-corrected chi connectivity index (χ0v) is 13.6.